The van der Waals surface area contributed by atoms with Crippen LogP contribution < -0.4 is 11.5 Å². The molecule has 0 radical (unpaired) electrons. The maximum atomic E-state index is 5.38. The standard InChI is InChI=1S/C4H10N2/c1-2-3(5)4(2)6/h2-4H,5-6H2,1H3/t2?,3-,4+. The van der Waals surface area contributed by atoms with Crippen molar-refractivity contribution in [1.82, 2.24) is 0 Å². The van der Waals surface area contributed by atoms with E-state index in [1.54, 1.807) is 0 Å². The number of rotatable bonds is 0. The second kappa shape index (κ2) is 0.950. The monoisotopic (exact) mass is 86.1 g/mol. The van der Waals surface area contributed by atoms with Gasteiger partial charge in [0.15, 0.2) is 0 Å². The molecule has 0 amide bonds. The first-order valence-electron chi connectivity index (χ1n) is 2.24. The fourth-order valence-corrected chi connectivity index (χ4v) is 0.526. The van der Waals surface area contributed by atoms with Crippen LogP contribution in [0.3, 0.4) is 0 Å². The van der Waals surface area contributed by atoms with E-state index >= 15 is 0 Å². The second-order valence-corrected chi connectivity index (χ2v) is 2.01. The first kappa shape index (κ1) is 4.09. The lowest BCUT2D eigenvalue weighted by Crippen LogP contribution is -2.12. The molecule has 0 bridgehead atoms. The second-order valence-electron chi connectivity index (χ2n) is 2.01. The van der Waals surface area contributed by atoms with Crippen LogP contribution in [0.4, 0.5) is 0 Å². The van der Waals surface area contributed by atoms with Gasteiger partial charge in [0.1, 0.15) is 0 Å². The van der Waals surface area contributed by atoms with Gasteiger partial charge < -0.3 is 11.5 Å². The molecule has 36 valence electrons. The zero-order valence-electron chi connectivity index (χ0n) is 3.89. The van der Waals surface area contributed by atoms with Crippen LogP contribution in [0, 0.1) is 5.92 Å². The lowest BCUT2D eigenvalue weighted by Gasteiger charge is -1.70. The Bertz CT molecular complexity index is 42.3. The van der Waals surface area contributed by atoms with E-state index in [0.717, 1.165) is 0 Å². The Morgan fingerprint density at radius 3 is 1.33 bits per heavy atom. The van der Waals surface area contributed by atoms with Crippen molar-refractivity contribution in [2.75, 3.05) is 0 Å². The van der Waals surface area contributed by atoms with Gasteiger partial charge in [-0.15, -0.1) is 0 Å². The van der Waals surface area contributed by atoms with Crippen LogP contribution in [0.1, 0.15) is 6.92 Å². The molecule has 4 N–H and O–H groups in total. The van der Waals surface area contributed by atoms with Crippen LogP contribution >= 0.6 is 0 Å². The highest BCUT2D eigenvalue weighted by atomic mass is 14.9. The van der Waals surface area contributed by atoms with E-state index < -0.39 is 0 Å². The Kier molecular flexibility index (Phi) is 0.648. The highest BCUT2D eigenvalue weighted by Crippen LogP contribution is 2.24. The Hall–Kier alpha value is -0.0800. The molecule has 0 heterocycles. The summed E-state index contributed by atoms with van der Waals surface area (Å²) in [7, 11) is 0. The van der Waals surface area contributed by atoms with Crippen molar-refractivity contribution in [1.29, 1.82) is 0 Å². The molecule has 3 atom stereocenters. The maximum Gasteiger partial charge on any atom is 0.0237 e. The third-order valence-corrected chi connectivity index (χ3v) is 1.52. The molecule has 0 saturated heterocycles. The Morgan fingerprint density at radius 2 is 1.33 bits per heavy atom. The Balaban J connectivity index is 2.31. The largest absolute Gasteiger partial charge is 0.326 e. The molecule has 0 aromatic rings. The highest BCUT2D eigenvalue weighted by molar-refractivity contribution is 5.01. The zero-order chi connectivity index (χ0) is 4.73. The van der Waals surface area contributed by atoms with Gasteiger partial charge in [0, 0.05) is 12.1 Å². The van der Waals surface area contributed by atoms with E-state index in [1.807, 2.05) is 0 Å². The normalized spacial score (nSPS) is 55.5. The van der Waals surface area contributed by atoms with Crippen molar-refractivity contribution in [3.8, 4) is 0 Å². The number of nitrogens with two attached hydrogens (primary N) is 2. The van der Waals surface area contributed by atoms with Crippen LogP contribution in [0.25, 0.3) is 0 Å². The van der Waals surface area contributed by atoms with Crippen molar-refractivity contribution in [2.24, 2.45) is 17.4 Å². The topological polar surface area (TPSA) is 52.0 Å². The SMILES string of the molecule is CC1[C@@H](N)[C@H]1N. The van der Waals surface area contributed by atoms with Gasteiger partial charge >= 0.3 is 0 Å². The molecule has 1 saturated carbocycles. The van der Waals surface area contributed by atoms with E-state index in [-0.39, 0.29) is 0 Å². The lowest BCUT2D eigenvalue weighted by atomic mass is 10.5. The predicted molar refractivity (Wildman–Crippen MR) is 25.1 cm³/mol. The van der Waals surface area contributed by atoms with E-state index in [1.165, 1.54) is 0 Å². The molecule has 0 spiro atoms. The van der Waals surface area contributed by atoms with Gasteiger partial charge in [-0.3, -0.25) is 0 Å². The minimum Gasteiger partial charge on any atom is -0.326 e. The summed E-state index contributed by atoms with van der Waals surface area (Å²) >= 11 is 0. The summed E-state index contributed by atoms with van der Waals surface area (Å²) < 4.78 is 0. The molecule has 6 heavy (non-hydrogen) atoms. The molecular weight excluding hydrogens is 76.1 g/mol. The van der Waals surface area contributed by atoms with Crippen LogP contribution in [0.5, 0.6) is 0 Å². The van der Waals surface area contributed by atoms with E-state index in [0.29, 0.717) is 18.0 Å². The average Bonchev–Trinajstić information content (AvgIpc) is 1.94. The minimum atomic E-state index is 0.296. The van der Waals surface area contributed by atoms with Gasteiger partial charge in [0.2, 0.25) is 0 Å². The summed E-state index contributed by atoms with van der Waals surface area (Å²) in [5.74, 6) is 0.574. The smallest absolute Gasteiger partial charge is 0.0237 e. The van der Waals surface area contributed by atoms with Gasteiger partial charge in [-0.2, -0.15) is 0 Å². The fourth-order valence-electron chi connectivity index (χ4n) is 0.526. The number of hydrogen-bond acceptors (Lipinski definition) is 2. The van der Waals surface area contributed by atoms with E-state index in [4.69, 9.17) is 11.5 Å². The van der Waals surface area contributed by atoms with Crippen molar-refractivity contribution < 1.29 is 0 Å². The summed E-state index contributed by atoms with van der Waals surface area (Å²) in [6, 6.07) is 0.593. The Labute approximate surface area is 37.5 Å². The fraction of sp³-hybridized carbons (Fsp3) is 1.00. The average molecular weight is 86.1 g/mol. The third-order valence-electron chi connectivity index (χ3n) is 1.52. The molecular formula is C4H10N2. The summed E-state index contributed by atoms with van der Waals surface area (Å²) in [4.78, 5) is 0. The first-order valence-corrected chi connectivity index (χ1v) is 2.24. The summed E-state index contributed by atoms with van der Waals surface area (Å²) in [5, 5.41) is 0. The molecule has 0 aliphatic heterocycles. The van der Waals surface area contributed by atoms with Gasteiger partial charge in [-0.25, -0.2) is 0 Å². The summed E-state index contributed by atoms with van der Waals surface area (Å²) in [5.41, 5.74) is 10.8. The predicted octanol–water partition coefficient (Wildman–Crippen LogP) is -0.709. The van der Waals surface area contributed by atoms with Gasteiger partial charge in [-0.05, 0) is 5.92 Å². The number of hydrogen-bond donors (Lipinski definition) is 2. The molecule has 0 aromatic heterocycles. The first-order chi connectivity index (χ1) is 2.73. The molecule has 1 fully saturated rings. The van der Waals surface area contributed by atoms with Crippen molar-refractivity contribution in [2.45, 2.75) is 19.0 Å². The molecule has 0 aromatic carbocycles. The molecule has 1 aliphatic rings. The quantitative estimate of drug-likeness (QED) is 0.409. The maximum absolute atomic E-state index is 5.38. The summed E-state index contributed by atoms with van der Waals surface area (Å²) in [6.07, 6.45) is 0. The van der Waals surface area contributed by atoms with Crippen LogP contribution in [-0.2, 0) is 0 Å². The lowest BCUT2D eigenvalue weighted by molar-refractivity contribution is 0.879. The zero-order valence-corrected chi connectivity index (χ0v) is 3.89. The molecule has 2 nitrogen and oxygen atoms in total. The highest BCUT2D eigenvalue weighted by Gasteiger charge is 2.39. The van der Waals surface area contributed by atoms with Gasteiger partial charge in [-0.1, -0.05) is 6.92 Å². The van der Waals surface area contributed by atoms with Crippen LogP contribution in [-0.4, -0.2) is 12.1 Å². The van der Waals surface area contributed by atoms with Crippen molar-refractivity contribution in [3.63, 3.8) is 0 Å². The van der Waals surface area contributed by atoms with E-state index in [9.17, 15) is 0 Å². The van der Waals surface area contributed by atoms with Crippen molar-refractivity contribution >= 4 is 0 Å². The van der Waals surface area contributed by atoms with Crippen LogP contribution in [0.15, 0.2) is 0 Å². The molecule has 1 aliphatic carbocycles. The van der Waals surface area contributed by atoms with Gasteiger partial charge in [0.05, 0.1) is 0 Å². The van der Waals surface area contributed by atoms with Crippen LogP contribution in [0.2, 0.25) is 0 Å². The third kappa shape index (κ3) is 0.340. The minimum absolute atomic E-state index is 0.296. The van der Waals surface area contributed by atoms with Gasteiger partial charge in [0.25, 0.3) is 0 Å². The molecule has 1 rings (SSSR count). The van der Waals surface area contributed by atoms with E-state index in [2.05, 4.69) is 6.92 Å². The van der Waals surface area contributed by atoms with Crippen molar-refractivity contribution in [3.05, 3.63) is 0 Å². The summed E-state index contributed by atoms with van der Waals surface area (Å²) in [6.45, 7) is 2.06. The molecule has 2 heteroatoms. The Morgan fingerprint density at radius 1 is 1.17 bits per heavy atom. The molecule has 1 unspecified atom stereocenters.